The summed E-state index contributed by atoms with van der Waals surface area (Å²) in [5.74, 6) is 0.600. The number of carbonyl (C=O) groups is 1. The Morgan fingerprint density at radius 2 is 2.30 bits per heavy atom. The zero-order valence-corrected chi connectivity index (χ0v) is 12.3. The van der Waals surface area contributed by atoms with Gasteiger partial charge in [-0.05, 0) is 62.4 Å². The van der Waals surface area contributed by atoms with Crippen LogP contribution in [0.4, 0.5) is 5.69 Å². The third-order valence-corrected chi connectivity index (χ3v) is 4.90. The molecule has 0 spiro atoms. The van der Waals surface area contributed by atoms with Gasteiger partial charge in [0, 0.05) is 17.6 Å². The van der Waals surface area contributed by atoms with Crippen molar-refractivity contribution in [1.29, 1.82) is 0 Å². The molecular formula is C17H24N2O. The van der Waals surface area contributed by atoms with Gasteiger partial charge in [-0.3, -0.25) is 9.69 Å². The van der Waals surface area contributed by atoms with E-state index in [9.17, 15) is 4.79 Å². The number of hydrogen-bond acceptors (Lipinski definition) is 2. The smallest absolute Gasteiger partial charge is 0.211 e. The van der Waals surface area contributed by atoms with Gasteiger partial charge in [-0.2, -0.15) is 0 Å². The summed E-state index contributed by atoms with van der Waals surface area (Å²) in [5.41, 5.74) is 3.89. The first-order chi connectivity index (χ1) is 9.85. The first-order valence-corrected chi connectivity index (χ1v) is 7.91. The molecule has 1 aromatic rings. The predicted octanol–water partition coefficient (Wildman–Crippen LogP) is 3.16. The summed E-state index contributed by atoms with van der Waals surface area (Å²) in [6.07, 6.45) is 6.98. The maximum absolute atomic E-state index is 10.9. The molecule has 1 heterocycles. The van der Waals surface area contributed by atoms with Crippen LogP contribution in [0.2, 0.25) is 0 Å². The van der Waals surface area contributed by atoms with Crippen LogP contribution in [-0.2, 0) is 11.2 Å². The van der Waals surface area contributed by atoms with Crippen LogP contribution < -0.4 is 5.32 Å². The first kappa shape index (κ1) is 13.6. The Labute approximate surface area is 121 Å². The molecule has 0 saturated carbocycles. The average molecular weight is 272 g/mol. The maximum atomic E-state index is 10.9. The Bertz CT molecular complexity index is 484. The number of amides is 1. The number of nitrogens with zero attached hydrogens (tertiary/aromatic N) is 1. The van der Waals surface area contributed by atoms with Crippen molar-refractivity contribution in [1.82, 2.24) is 4.90 Å². The van der Waals surface area contributed by atoms with Crippen LogP contribution in [0.1, 0.15) is 49.7 Å². The van der Waals surface area contributed by atoms with Crippen molar-refractivity contribution >= 4 is 12.1 Å². The summed E-state index contributed by atoms with van der Waals surface area (Å²) < 4.78 is 0. The van der Waals surface area contributed by atoms with Gasteiger partial charge >= 0.3 is 0 Å². The lowest BCUT2D eigenvalue weighted by Gasteiger charge is -2.45. The lowest BCUT2D eigenvalue weighted by atomic mass is 9.73. The number of rotatable bonds is 4. The molecule has 1 N–H and O–H groups in total. The Balaban J connectivity index is 1.95. The van der Waals surface area contributed by atoms with Gasteiger partial charge in [0.2, 0.25) is 6.41 Å². The zero-order valence-electron chi connectivity index (χ0n) is 12.3. The van der Waals surface area contributed by atoms with Gasteiger partial charge in [-0.15, -0.1) is 0 Å². The maximum Gasteiger partial charge on any atom is 0.211 e. The number of piperidine rings is 1. The fourth-order valence-electron chi connectivity index (χ4n) is 4.17. The third kappa shape index (κ3) is 2.35. The van der Waals surface area contributed by atoms with Gasteiger partial charge in [0.1, 0.15) is 0 Å². The van der Waals surface area contributed by atoms with E-state index in [1.54, 1.807) is 0 Å². The largest absolute Gasteiger partial charge is 0.328 e. The summed E-state index contributed by atoms with van der Waals surface area (Å²) in [6.45, 7) is 4.72. The van der Waals surface area contributed by atoms with Crippen molar-refractivity contribution in [3.05, 3.63) is 29.3 Å². The highest BCUT2D eigenvalue weighted by molar-refractivity contribution is 5.75. The number of hydrogen-bond donors (Lipinski definition) is 1. The van der Waals surface area contributed by atoms with Crippen LogP contribution in [0.25, 0.3) is 0 Å². The predicted molar refractivity (Wildman–Crippen MR) is 82.1 cm³/mol. The van der Waals surface area contributed by atoms with Gasteiger partial charge in [0.05, 0.1) is 0 Å². The molecule has 0 aromatic heterocycles. The second-order valence-electron chi connectivity index (χ2n) is 6.03. The Morgan fingerprint density at radius 3 is 3.10 bits per heavy atom. The Kier molecular flexibility index (Phi) is 4.06. The van der Waals surface area contributed by atoms with Gasteiger partial charge in [-0.25, -0.2) is 0 Å². The Hall–Kier alpha value is -1.35. The Morgan fingerprint density at radius 1 is 1.40 bits per heavy atom. The number of carbonyl (C=O) groups excluding carboxylic acids is 1. The summed E-state index contributed by atoms with van der Waals surface area (Å²) in [7, 11) is 0. The van der Waals surface area contributed by atoms with Crippen LogP contribution in [0.15, 0.2) is 18.2 Å². The number of benzene rings is 1. The molecule has 108 valence electrons. The zero-order chi connectivity index (χ0) is 13.9. The standard InChI is InChI=1S/C17H24N2O/c1-2-10-19-11-4-6-14-16(19)9-8-13-5-3-7-15(17(13)14)18-12-20/h3,5,7,12,14,16H,2,4,6,8-11H2,1H3,(H,18,20)/t14-,16+/m1/s1. The van der Waals surface area contributed by atoms with Crippen molar-refractivity contribution in [2.45, 2.75) is 51.0 Å². The van der Waals surface area contributed by atoms with Crippen LogP contribution >= 0.6 is 0 Å². The molecule has 20 heavy (non-hydrogen) atoms. The van der Waals surface area contributed by atoms with Gasteiger partial charge in [0.25, 0.3) is 0 Å². The van der Waals surface area contributed by atoms with E-state index in [4.69, 9.17) is 0 Å². The van der Waals surface area contributed by atoms with Gasteiger partial charge < -0.3 is 5.32 Å². The quantitative estimate of drug-likeness (QED) is 0.854. The van der Waals surface area contributed by atoms with Gasteiger partial charge in [0.15, 0.2) is 0 Å². The van der Waals surface area contributed by atoms with E-state index in [2.05, 4.69) is 29.3 Å². The number of likely N-dealkylation sites (tertiary alicyclic amines) is 1. The number of aryl methyl sites for hydroxylation is 1. The van der Waals surface area contributed by atoms with Crippen LogP contribution in [0.3, 0.4) is 0 Å². The first-order valence-electron chi connectivity index (χ1n) is 7.91. The molecule has 3 heteroatoms. The number of fused-ring (bicyclic) bond motifs is 3. The summed E-state index contributed by atoms with van der Waals surface area (Å²) in [5, 5.41) is 2.92. The third-order valence-electron chi connectivity index (χ3n) is 4.90. The highest BCUT2D eigenvalue weighted by Gasteiger charge is 2.36. The summed E-state index contributed by atoms with van der Waals surface area (Å²) in [6, 6.07) is 7.03. The molecule has 2 aliphatic rings. The molecule has 0 radical (unpaired) electrons. The van der Waals surface area contributed by atoms with Crippen LogP contribution in [-0.4, -0.2) is 30.4 Å². The molecule has 0 bridgehead atoms. The molecule has 1 aromatic carbocycles. The van der Waals surface area contributed by atoms with E-state index in [0.29, 0.717) is 12.0 Å². The number of anilines is 1. The van der Waals surface area contributed by atoms with Crippen molar-refractivity contribution in [3.8, 4) is 0 Å². The average Bonchev–Trinajstić information content (AvgIpc) is 2.48. The minimum absolute atomic E-state index is 0.600. The highest BCUT2D eigenvalue weighted by atomic mass is 16.1. The van der Waals surface area contributed by atoms with E-state index in [-0.39, 0.29) is 0 Å². The van der Waals surface area contributed by atoms with E-state index >= 15 is 0 Å². The van der Waals surface area contributed by atoms with Crippen LogP contribution in [0.5, 0.6) is 0 Å². The van der Waals surface area contributed by atoms with Crippen molar-refractivity contribution in [2.24, 2.45) is 0 Å². The molecule has 1 saturated heterocycles. The second-order valence-corrected chi connectivity index (χ2v) is 6.03. The topological polar surface area (TPSA) is 32.3 Å². The minimum Gasteiger partial charge on any atom is -0.328 e. The number of nitrogens with one attached hydrogen (secondary N) is 1. The lowest BCUT2D eigenvalue weighted by Crippen LogP contribution is -2.46. The molecule has 1 amide bonds. The summed E-state index contributed by atoms with van der Waals surface area (Å²) >= 11 is 0. The SMILES string of the molecule is CCCN1CCC[C@H]2c3c(cccc3NC=O)CC[C@@H]21. The van der Waals surface area contributed by atoms with E-state index in [1.165, 1.54) is 49.9 Å². The molecule has 0 unspecified atom stereocenters. The molecule has 2 atom stereocenters. The molecular weight excluding hydrogens is 248 g/mol. The minimum atomic E-state index is 0.600. The van der Waals surface area contributed by atoms with E-state index < -0.39 is 0 Å². The summed E-state index contributed by atoms with van der Waals surface area (Å²) in [4.78, 5) is 13.5. The second kappa shape index (κ2) is 5.96. The highest BCUT2D eigenvalue weighted by Crippen LogP contribution is 2.43. The molecule has 3 nitrogen and oxygen atoms in total. The fraction of sp³-hybridized carbons (Fsp3) is 0.588. The van der Waals surface area contributed by atoms with Crippen molar-refractivity contribution < 1.29 is 4.79 Å². The lowest BCUT2D eigenvalue weighted by molar-refractivity contribution is -0.105. The van der Waals surface area contributed by atoms with Crippen molar-refractivity contribution in [3.63, 3.8) is 0 Å². The fourth-order valence-corrected chi connectivity index (χ4v) is 4.17. The molecule has 3 rings (SSSR count). The van der Waals surface area contributed by atoms with E-state index in [1.807, 2.05) is 6.07 Å². The van der Waals surface area contributed by atoms with E-state index in [0.717, 1.165) is 18.5 Å². The van der Waals surface area contributed by atoms with Gasteiger partial charge in [-0.1, -0.05) is 19.1 Å². The molecule has 1 aliphatic carbocycles. The van der Waals surface area contributed by atoms with Crippen molar-refractivity contribution in [2.75, 3.05) is 18.4 Å². The normalized spacial score (nSPS) is 25.6. The monoisotopic (exact) mass is 272 g/mol. The van der Waals surface area contributed by atoms with Crippen LogP contribution in [0, 0.1) is 0 Å². The molecule has 1 fully saturated rings. The molecule has 1 aliphatic heterocycles.